The molecule has 28 heavy (non-hydrogen) atoms. The Bertz CT molecular complexity index is 948. The van der Waals surface area contributed by atoms with E-state index in [4.69, 9.17) is 9.15 Å². The van der Waals surface area contributed by atoms with Crippen LogP contribution in [-0.2, 0) is 11.2 Å². The van der Waals surface area contributed by atoms with Gasteiger partial charge in [0.1, 0.15) is 11.5 Å². The van der Waals surface area contributed by atoms with E-state index in [9.17, 15) is 4.79 Å². The summed E-state index contributed by atoms with van der Waals surface area (Å²) in [7, 11) is 1.66. The van der Waals surface area contributed by atoms with Crippen LogP contribution in [0.15, 0.2) is 59.0 Å². The SMILES string of the molecule is COc1ccc([C@H]2CCCN2C(=O)Cc2nc(-c3ccccc3)oc2C)cc1. The predicted octanol–water partition coefficient (Wildman–Crippen LogP) is 4.56. The topological polar surface area (TPSA) is 55.6 Å². The Hall–Kier alpha value is -3.08. The summed E-state index contributed by atoms with van der Waals surface area (Å²) in [5, 5.41) is 0. The number of aryl methyl sites for hydroxylation is 1. The Balaban J connectivity index is 1.50. The van der Waals surface area contributed by atoms with Crippen LogP contribution < -0.4 is 4.74 Å². The highest BCUT2D eigenvalue weighted by atomic mass is 16.5. The van der Waals surface area contributed by atoms with E-state index in [1.165, 1.54) is 0 Å². The van der Waals surface area contributed by atoms with Gasteiger partial charge in [0.05, 0.1) is 25.3 Å². The molecule has 5 heteroatoms. The molecule has 3 aromatic rings. The van der Waals surface area contributed by atoms with Gasteiger partial charge in [-0.15, -0.1) is 0 Å². The van der Waals surface area contributed by atoms with Crippen molar-refractivity contribution in [3.63, 3.8) is 0 Å². The number of carbonyl (C=O) groups excluding carboxylic acids is 1. The molecule has 1 aromatic heterocycles. The summed E-state index contributed by atoms with van der Waals surface area (Å²) in [5.74, 6) is 2.18. The summed E-state index contributed by atoms with van der Waals surface area (Å²) >= 11 is 0. The first kappa shape index (κ1) is 18.3. The quantitative estimate of drug-likeness (QED) is 0.655. The molecule has 1 fully saturated rings. The molecule has 2 heterocycles. The van der Waals surface area contributed by atoms with Crippen LogP contribution in [0.5, 0.6) is 5.75 Å². The average Bonchev–Trinajstić information content (AvgIpc) is 3.36. The van der Waals surface area contributed by atoms with Gasteiger partial charge in [-0.25, -0.2) is 4.98 Å². The molecule has 0 radical (unpaired) electrons. The second-order valence-electron chi connectivity index (χ2n) is 7.08. The molecule has 0 unspecified atom stereocenters. The average molecular weight is 376 g/mol. The molecule has 2 aromatic carbocycles. The third-order valence-electron chi connectivity index (χ3n) is 5.31. The van der Waals surface area contributed by atoms with Crippen LogP contribution in [-0.4, -0.2) is 29.4 Å². The number of benzene rings is 2. The van der Waals surface area contributed by atoms with Crippen LogP contribution in [0.25, 0.3) is 11.5 Å². The maximum absolute atomic E-state index is 13.0. The zero-order valence-electron chi connectivity index (χ0n) is 16.2. The minimum atomic E-state index is 0.0920. The van der Waals surface area contributed by atoms with Crippen molar-refractivity contribution in [1.82, 2.24) is 9.88 Å². The second-order valence-corrected chi connectivity index (χ2v) is 7.08. The highest BCUT2D eigenvalue weighted by molar-refractivity contribution is 5.79. The van der Waals surface area contributed by atoms with Gasteiger partial charge in [0.15, 0.2) is 0 Å². The lowest BCUT2D eigenvalue weighted by Crippen LogP contribution is -2.32. The fourth-order valence-corrected chi connectivity index (χ4v) is 3.78. The van der Waals surface area contributed by atoms with E-state index in [2.05, 4.69) is 4.98 Å². The van der Waals surface area contributed by atoms with Crippen LogP contribution >= 0.6 is 0 Å². The van der Waals surface area contributed by atoms with Crippen LogP contribution in [0.2, 0.25) is 0 Å². The van der Waals surface area contributed by atoms with Crippen molar-refractivity contribution in [3.05, 3.63) is 71.6 Å². The number of amides is 1. The third kappa shape index (κ3) is 3.65. The first-order chi connectivity index (χ1) is 13.7. The normalized spacial score (nSPS) is 16.4. The molecule has 144 valence electrons. The Morgan fingerprint density at radius 2 is 1.93 bits per heavy atom. The van der Waals surface area contributed by atoms with Crippen molar-refractivity contribution < 1.29 is 13.9 Å². The highest BCUT2D eigenvalue weighted by Crippen LogP contribution is 2.33. The number of methoxy groups -OCH3 is 1. The zero-order valence-corrected chi connectivity index (χ0v) is 16.2. The molecule has 0 saturated carbocycles. The molecular weight excluding hydrogens is 352 g/mol. The predicted molar refractivity (Wildman–Crippen MR) is 107 cm³/mol. The van der Waals surface area contributed by atoms with Gasteiger partial charge in [-0.2, -0.15) is 0 Å². The maximum atomic E-state index is 13.0. The molecular formula is C23H24N2O3. The molecule has 0 spiro atoms. The molecule has 1 amide bonds. The number of oxazole rings is 1. The third-order valence-corrected chi connectivity index (χ3v) is 5.31. The summed E-state index contributed by atoms with van der Waals surface area (Å²) < 4.78 is 11.0. The standard InChI is InChI=1S/C23H24N2O3/c1-16-20(24-23(28-16)18-7-4-3-5-8-18)15-22(26)25-14-6-9-21(25)17-10-12-19(27-2)13-11-17/h3-5,7-8,10-13,21H,6,9,14-15H2,1-2H3/t21-/m1/s1. The number of ether oxygens (including phenoxy) is 1. The van der Waals surface area contributed by atoms with Crippen molar-refractivity contribution in [2.24, 2.45) is 0 Å². The maximum Gasteiger partial charge on any atom is 0.229 e. The van der Waals surface area contributed by atoms with Gasteiger partial charge >= 0.3 is 0 Å². The number of likely N-dealkylation sites (tertiary alicyclic amines) is 1. The number of carbonyl (C=O) groups is 1. The minimum Gasteiger partial charge on any atom is -0.497 e. The summed E-state index contributed by atoms with van der Waals surface area (Å²) in [6.45, 7) is 2.64. The van der Waals surface area contributed by atoms with E-state index in [1.54, 1.807) is 7.11 Å². The number of rotatable bonds is 5. The van der Waals surface area contributed by atoms with Crippen molar-refractivity contribution >= 4 is 5.91 Å². The van der Waals surface area contributed by atoms with Crippen molar-refractivity contribution in [1.29, 1.82) is 0 Å². The van der Waals surface area contributed by atoms with Gasteiger partial charge in [0.2, 0.25) is 11.8 Å². The number of nitrogens with zero attached hydrogens (tertiary/aromatic N) is 2. The summed E-state index contributed by atoms with van der Waals surface area (Å²) in [5.41, 5.74) is 2.78. The van der Waals surface area contributed by atoms with E-state index in [-0.39, 0.29) is 18.4 Å². The van der Waals surface area contributed by atoms with Gasteiger partial charge in [-0.05, 0) is 49.6 Å². The van der Waals surface area contributed by atoms with Gasteiger partial charge in [-0.1, -0.05) is 30.3 Å². The smallest absolute Gasteiger partial charge is 0.229 e. The van der Waals surface area contributed by atoms with E-state index < -0.39 is 0 Å². The van der Waals surface area contributed by atoms with E-state index in [0.29, 0.717) is 17.3 Å². The van der Waals surface area contributed by atoms with Crippen molar-refractivity contribution in [3.8, 4) is 17.2 Å². The molecule has 5 nitrogen and oxygen atoms in total. The lowest BCUT2D eigenvalue weighted by molar-refractivity contribution is -0.131. The van der Waals surface area contributed by atoms with Crippen LogP contribution in [0.1, 0.15) is 35.9 Å². The Morgan fingerprint density at radius 1 is 1.18 bits per heavy atom. The molecule has 0 N–H and O–H groups in total. The minimum absolute atomic E-state index is 0.0920. The number of hydrogen-bond acceptors (Lipinski definition) is 4. The largest absolute Gasteiger partial charge is 0.497 e. The Kier molecular flexibility index (Phi) is 5.15. The highest BCUT2D eigenvalue weighted by Gasteiger charge is 2.30. The fraction of sp³-hybridized carbons (Fsp3) is 0.304. The first-order valence-electron chi connectivity index (χ1n) is 9.61. The molecule has 1 aliphatic heterocycles. The summed E-state index contributed by atoms with van der Waals surface area (Å²) in [4.78, 5) is 19.6. The van der Waals surface area contributed by atoms with E-state index in [0.717, 1.165) is 36.3 Å². The molecule has 1 atom stereocenters. The van der Waals surface area contributed by atoms with Gasteiger partial charge in [0.25, 0.3) is 0 Å². The molecule has 1 saturated heterocycles. The van der Waals surface area contributed by atoms with Crippen LogP contribution in [0.3, 0.4) is 0 Å². The fourth-order valence-electron chi connectivity index (χ4n) is 3.78. The van der Waals surface area contributed by atoms with Gasteiger partial charge in [0, 0.05) is 12.1 Å². The second kappa shape index (κ2) is 7.89. The van der Waals surface area contributed by atoms with Crippen molar-refractivity contribution in [2.75, 3.05) is 13.7 Å². The zero-order chi connectivity index (χ0) is 19.5. The first-order valence-corrected chi connectivity index (χ1v) is 9.61. The summed E-state index contributed by atoms with van der Waals surface area (Å²) in [6, 6.07) is 17.9. The van der Waals surface area contributed by atoms with Crippen LogP contribution in [0.4, 0.5) is 0 Å². The molecule has 1 aliphatic rings. The van der Waals surface area contributed by atoms with Crippen LogP contribution in [0, 0.1) is 6.92 Å². The Morgan fingerprint density at radius 3 is 2.64 bits per heavy atom. The monoisotopic (exact) mass is 376 g/mol. The molecule has 0 bridgehead atoms. The number of aromatic nitrogens is 1. The lowest BCUT2D eigenvalue weighted by atomic mass is 10.0. The van der Waals surface area contributed by atoms with E-state index in [1.807, 2.05) is 66.4 Å². The molecule has 4 rings (SSSR count). The number of hydrogen-bond donors (Lipinski definition) is 0. The molecule has 0 aliphatic carbocycles. The van der Waals surface area contributed by atoms with Crippen molar-refractivity contribution in [2.45, 2.75) is 32.2 Å². The van der Waals surface area contributed by atoms with E-state index >= 15 is 0 Å². The Labute approximate surface area is 165 Å². The lowest BCUT2D eigenvalue weighted by Gasteiger charge is -2.25. The van der Waals surface area contributed by atoms with Gasteiger partial charge < -0.3 is 14.1 Å². The summed E-state index contributed by atoms with van der Waals surface area (Å²) in [6.07, 6.45) is 2.25. The van der Waals surface area contributed by atoms with Gasteiger partial charge in [-0.3, -0.25) is 4.79 Å².